The van der Waals surface area contributed by atoms with Crippen LogP contribution in [0.3, 0.4) is 0 Å². The van der Waals surface area contributed by atoms with Gasteiger partial charge in [-0.15, -0.1) is 0 Å². The third-order valence-electron chi connectivity index (χ3n) is 3.92. The van der Waals surface area contributed by atoms with Crippen molar-refractivity contribution in [1.29, 1.82) is 0 Å². The average Bonchev–Trinajstić information content (AvgIpc) is 3.04. The molecule has 4 rings (SSSR count). The highest BCUT2D eigenvalue weighted by Gasteiger charge is 2.13. The molecule has 0 bridgehead atoms. The molecule has 24 heavy (non-hydrogen) atoms. The summed E-state index contributed by atoms with van der Waals surface area (Å²) in [5.41, 5.74) is 4.87. The number of hydrogen-bond acceptors (Lipinski definition) is 4. The Labute approximate surface area is 138 Å². The van der Waals surface area contributed by atoms with E-state index < -0.39 is 0 Å². The number of phenolic OH excluding ortho intramolecular Hbond substituents is 1. The zero-order valence-electron chi connectivity index (χ0n) is 13.0. The van der Waals surface area contributed by atoms with Gasteiger partial charge in [0, 0.05) is 22.9 Å². The van der Waals surface area contributed by atoms with Crippen LogP contribution in [-0.4, -0.2) is 27.2 Å². The summed E-state index contributed by atoms with van der Waals surface area (Å²) in [6.07, 6.45) is 3.58. The lowest BCUT2D eigenvalue weighted by molar-refractivity contribution is 0.416. The summed E-state index contributed by atoms with van der Waals surface area (Å²) in [5.74, 6) is 0.983. The van der Waals surface area contributed by atoms with Crippen LogP contribution in [0.1, 0.15) is 0 Å². The van der Waals surface area contributed by atoms with Crippen LogP contribution < -0.4 is 4.74 Å². The van der Waals surface area contributed by atoms with Crippen molar-refractivity contribution in [3.63, 3.8) is 0 Å². The summed E-state index contributed by atoms with van der Waals surface area (Å²) in [4.78, 5) is 12.3. The van der Waals surface area contributed by atoms with Crippen molar-refractivity contribution in [2.45, 2.75) is 0 Å². The highest BCUT2D eigenvalue weighted by molar-refractivity contribution is 5.93. The van der Waals surface area contributed by atoms with E-state index in [4.69, 9.17) is 9.72 Å². The number of fused-ring (bicyclic) bond motifs is 1. The van der Waals surface area contributed by atoms with Crippen molar-refractivity contribution in [1.82, 2.24) is 15.0 Å². The van der Waals surface area contributed by atoms with Crippen LogP contribution in [0.25, 0.3) is 33.5 Å². The molecule has 0 saturated carbocycles. The summed E-state index contributed by atoms with van der Waals surface area (Å²) in [5, 5.41) is 9.68. The third-order valence-corrected chi connectivity index (χ3v) is 3.92. The first-order chi connectivity index (χ1) is 11.8. The number of nitrogens with zero attached hydrogens (tertiary/aromatic N) is 2. The Morgan fingerprint density at radius 2 is 1.92 bits per heavy atom. The molecule has 5 nitrogen and oxygen atoms in total. The highest BCUT2D eigenvalue weighted by Crippen LogP contribution is 2.34. The molecule has 2 heterocycles. The Morgan fingerprint density at radius 1 is 1.04 bits per heavy atom. The lowest BCUT2D eigenvalue weighted by Gasteiger charge is -2.07. The van der Waals surface area contributed by atoms with Gasteiger partial charge < -0.3 is 14.8 Å². The number of aromatic hydroxyl groups is 1. The summed E-state index contributed by atoms with van der Waals surface area (Å²) in [6, 6.07) is 14.8. The lowest BCUT2D eigenvalue weighted by Crippen LogP contribution is -1.90. The number of para-hydroxylation sites is 1. The molecule has 2 N–H and O–H groups in total. The zero-order valence-corrected chi connectivity index (χ0v) is 13.0. The maximum atomic E-state index is 9.68. The average molecular weight is 317 g/mol. The minimum atomic E-state index is 0.202. The molecule has 5 heteroatoms. The normalized spacial score (nSPS) is 10.9. The van der Waals surface area contributed by atoms with Crippen molar-refractivity contribution >= 4 is 11.2 Å². The number of methoxy groups -OCH3 is 1. The third kappa shape index (κ3) is 2.36. The van der Waals surface area contributed by atoms with E-state index in [0.717, 1.165) is 28.0 Å². The smallest absolute Gasteiger partial charge is 0.156 e. The van der Waals surface area contributed by atoms with Crippen molar-refractivity contribution in [2.24, 2.45) is 0 Å². The molecule has 0 saturated heterocycles. The van der Waals surface area contributed by atoms with Gasteiger partial charge in [-0.05, 0) is 18.2 Å². The van der Waals surface area contributed by atoms with Crippen LogP contribution in [-0.2, 0) is 0 Å². The number of benzene rings is 2. The summed E-state index contributed by atoms with van der Waals surface area (Å²) in [6.45, 7) is 0. The molecule has 4 aromatic rings. The van der Waals surface area contributed by atoms with E-state index in [9.17, 15) is 5.11 Å². The quantitative estimate of drug-likeness (QED) is 0.599. The zero-order chi connectivity index (χ0) is 16.5. The van der Waals surface area contributed by atoms with Gasteiger partial charge in [-0.1, -0.05) is 30.3 Å². The predicted molar refractivity (Wildman–Crippen MR) is 93.0 cm³/mol. The fourth-order valence-corrected chi connectivity index (χ4v) is 2.77. The Bertz CT molecular complexity index is 1020. The molecule has 0 aliphatic heterocycles. The molecular formula is C19H15N3O2. The van der Waals surface area contributed by atoms with E-state index >= 15 is 0 Å². The number of H-pyrrole nitrogens is 1. The largest absolute Gasteiger partial charge is 0.508 e. The van der Waals surface area contributed by atoms with Crippen molar-refractivity contribution in [2.75, 3.05) is 7.11 Å². The molecule has 0 aliphatic rings. The van der Waals surface area contributed by atoms with Gasteiger partial charge in [-0.2, -0.15) is 0 Å². The van der Waals surface area contributed by atoms with E-state index in [2.05, 4.69) is 9.97 Å². The van der Waals surface area contributed by atoms with Gasteiger partial charge in [-0.25, -0.2) is 9.97 Å². The van der Waals surface area contributed by atoms with Crippen molar-refractivity contribution in [3.8, 4) is 33.9 Å². The van der Waals surface area contributed by atoms with Gasteiger partial charge >= 0.3 is 0 Å². The van der Waals surface area contributed by atoms with Gasteiger partial charge in [0.1, 0.15) is 17.0 Å². The molecule has 0 aliphatic carbocycles. The van der Waals surface area contributed by atoms with E-state index in [0.29, 0.717) is 11.3 Å². The molecule has 0 unspecified atom stereocenters. The number of aromatic amines is 1. The molecule has 0 spiro atoms. The second-order valence-corrected chi connectivity index (χ2v) is 5.41. The molecule has 118 valence electrons. The van der Waals surface area contributed by atoms with Crippen LogP contribution in [0, 0.1) is 0 Å². The lowest BCUT2D eigenvalue weighted by atomic mass is 10.1. The van der Waals surface area contributed by atoms with E-state index in [1.807, 2.05) is 36.5 Å². The van der Waals surface area contributed by atoms with E-state index in [-0.39, 0.29) is 5.75 Å². The van der Waals surface area contributed by atoms with Crippen molar-refractivity contribution < 1.29 is 9.84 Å². The number of hydrogen-bond donors (Lipinski definition) is 2. The number of ether oxygens (including phenoxy) is 1. The van der Waals surface area contributed by atoms with Gasteiger partial charge in [-0.3, -0.25) is 0 Å². The maximum absolute atomic E-state index is 9.68. The van der Waals surface area contributed by atoms with Crippen molar-refractivity contribution in [3.05, 3.63) is 60.9 Å². The van der Waals surface area contributed by atoms with Crippen LogP contribution in [0.4, 0.5) is 0 Å². The standard InChI is InChI=1S/C19H15N3O2/c1-24-17-8-3-2-7-14(17)15-10-20-19-18(15)22-16(11-21-19)12-5-4-6-13(23)9-12/h2-11,23H,1H3,(H,20,21). The maximum Gasteiger partial charge on any atom is 0.156 e. The van der Waals surface area contributed by atoms with E-state index in [1.54, 1.807) is 31.5 Å². The van der Waals surface area contributed by atoms with Gasteiger partial charge in [0.2, 0.25) is 0 Å². The first-order valence-electron chi connectivity index (χ1n) is 7.53. The van der Waals surface area contributed by atoms with Gasteiger partial charge in [0.25, 0.3) is 0 Å². The summed E-state index contributed by atoms with van der Waals surface area (Å²) < 4.78 is 5.45. The second-order valence-electron chi connectivity index (χ2n) is 5.41. The first-order valence-corrected chi connectivity index (χ1v) is 7.53. The predicted octanol–water partition coefficient (Wildman–Crippen LogP) is 4.01. The first kappa shape index (κ1) is 14.3. The summed E-state index contributed by atoms with van der Waals surface area (Å²) in [7, 11) is 1.65. The van der Waals surface area contributed by atoms with Gasteiger partial charge in [0.05, 0.1) is 19.0 Å². The Kier molecular flexibility index (Phi) is 3.39. The molecule has 2 aromatic heterocycles. The van der Waals surface area contributed by atoms with Gasteiger partial charge in [0.15, 0.2) is 5.65 Å². The van der Waals surface area contributed by atoms with E-state index in [1.165, 1.54) is 0 Å². The van der Waals surface area contributed by atoms with Crippen LogP contribution in [0.15, 0.2) is 60.9 Å². The minimum absolute atomic E-state index is 0.202. The molecular weight excluding hydrogens is 302 g/mol. The number of rotatable bonds is 3. The number of nitrogens with one attached hydrogen (secondary N) is 1. The fourth-order valence-electron chi connectivity index (χ4n) is 2.77. The monoisotopic (exact) mass is 317 g/mol. The number of aromatic nitrogens is 3. The minimum Gasteiger partial charge on any atom is -0.508 e. The second kappa shape index (κ2) is 5.70. The van der Waals surface area contributed by atoms with Crippen LogP contribution in [0.2, 0.25) is 0 Å². The highest BCUT2D eigenvalue weighted by atomic mass is 16.5. The molecule has 0 fully saturated rings. The topological polar surface area (TPSA) is 71.0 Å². The molecule has 2 aromatic carbocycles. The Morgan fingerprint density at radius 3 is 2.75 bits per heavy atom. The molecule has 0 atom stereocenters. The SMILES string of the molecule is COc1ccccc1-c1c[nH]c2ncc(-c3cccc(O)c3)nc12. The number of phenols is 1. The fraction of sp³-hybridized carbons (Fsp3) is 0.0526. The summed E-state index contributed by atoms with van der Waals surface area (Å²) >= 11 is 0. The van der Waals surface area contributed by atoms with Crippen LogP contribution >= 0.6 is 0 Å². The Balaban J connectivity index is 1.91. The Hall–Kier alpha value is -3.34. The molecule has 0 amide bonds. The van der Waals surface area contributed by atoms with Crippen LogP contribution in [0.5, 0.6) is 11.5 Å². The molecule has 0 radical (unpaired) electrons.